The summed E-state index contributed by atoms with van der Waals surface area (Å²) in [4.78, 5) is 1.40. The van der Waals surface area contributed by atoms with Gasteiger partial charge in [-0.2, -0.15) is 0 Å². The van der Waals surface area contributed by atoms with E-state index < -0.39 is 24.2 Å². The van der Waals surface area contributed by atoms with Crippen molar-refractivity contribution in [3.63, 3.8) is 0 Å². The van der Waals surface area contributed by atoms with Gasteiger partial charge in [-0.05, 0) is 125 Å². The first-order chi connectivity index (χ1) is 33.6. The van der Waals surface area contributed by atoms with Crippen LogP contribution in [0.1, 0.15) is 11.0 Å². The zero-order valence-corrected chi connectivity index (χ0v) is 33.0. The van der Waals surface area contributed by atoms with Crippen molar-refractivity contribution in [3.05, 3.63) is 249 Å². The zero-order valence-electron chi connectivity index (χ0n) is 41.0. The van der Waals surface area contributed by atoms with Gasteiger partial charge in [0.1, 0.15) is 0 Å². The molecule has 286 valence electrons. The summed E-state index contributed by atoms with van der Waals surface area (Å²) >= 11 is 0. The first-order valence-electron chi connectivity index (χ1n) is 24.4. The number of anilines is 3. The highest BCUT2D eigenvalue weighted by Gasteiger charge is 2.18. The fraction of sp³-hybridized carbons (Fsp3) is 0. The van der Waals surface area contributed by atoms with Crippen LogP contribution in [0.3, 0.4) is 0 Å². The number of rotatable bonds is 8. The van der Waals surface area contributed by atoms with Crippen molar-refractivity contribution in [1.82, 2.24) is 0 Å². The van der Waals surface area contributed by atoms with E-state index in [1.807, 2.05) is 182 Å². The molecule has 0 aliphatic carbocycles. The van der Waals surface area contributed by atoms with Crippen LogP contribution < -0.4 is 4.90 Å². The second kappa shape index (κ2) is 15.6. The number of benzene rings is 11. The summed E-state index contributed by atoms with van der Waals surface area (Å²) in [6, 6.07) is 61.4. The summed E-state index contributed by atoms with van der Waals surface area (Å²) in [7, 11) is 0. The van der Waals surface area contributed by atoms with Crippen LogP contribution in [0.5, 0.6) is 0 Å². The third-order valence-corrected chi connectivity index (χ3v) is 11.4. The largest absolute Gasteiger partial charge is 0.310 e. The van der Waals surface area contributed by atoms with Crippen LogP contribution in [0.15, 0.2) is 249 Å². The van der Waals surface area contributed by atoms with Crippen molar-refractivity contribution < 1.29 is 11.0 Å². The minimum absolute atomic E-state index is 0.0960. The van der Waals surface area contributed by atoms with Crippen molar-refractivity contribution in [1.29, 1.82) is 0 Å². The van der Waals surface area contributed by atoms with Gasteiger partial charge in [0, 0.05) is 16.9 Å². The molecule has 0 spiro atoms. The molecule has 0 fully saturated rings. The van der Waals surface area contributed by atoms with Gasteiger partial charge in [0.05, 0.1) is 16.7 Å². The highest BCUT2D eigenvalue weighted by molar-refractivity contribution is 6.13. The van der Waals surface area contributed by atoms with E-state index >= 15 is 0 Å². The molecule has 0 radical (unpaired) electrons. The number of para-hydroxylation sites is 1. The Bertz CT molecular complexity index is 3770. The molecule has 11 aromatic rings. The first-order valence-corrected chi connectivity index (χ1v) is 20.4. The third-order valence-electron chi connectivity index (χ3n) is 11.4. The average molecular weight is 784 g/mol. The van der Waals surface area contributed by atoms with Gasteiger partial charge in [-0.15, -0.1) is 0 Å². The van der Waals surface area contributed by atoms with Crippen LogP contribution >= 0.6 is 0 Å². The number of fused-ring (bicyclic) bond motifs is 4. The van der Waals surface area contributed by atoms with E-state index in [-0.39, 0.29) is 46.7 Å². The lowest BCUT2D eigenvalue weighted by molar-refractivity contribution is 1.28. The highest BCUT2D eigenvalue weighted by Crippen LogP contribution is 2.43. The monoisotopic (exact) mass is 783 g/mol. The van der Waals surface area contributed by atoms with E-state index in [4.69, 9.17) is 0 Å². The Morgan fingerprint density at radius 2 is 0.770 bits per heavy atom. The standard InChI is InChI=1S/C60H41N/c1-2-14-42(15-3-1)43-28-30-46(31-29-43)56-23-10-11-27-60(56)61(52-38-34-47(35-39-52)59-41-50-17-5-7-22-55(50)57-24-8-9-25-58(57)59)51-36-32-44(33-37-51)48-19-12-20-49(40-48)54-26-13-18-45-16-4-6-21-53(45)54/h1-41H/i32D,33D,34D,35D,36D,37D,38D,39D. The molecule has 0 heterocycles. The molecule has 0 N–H and O–H groups in total. The fourth-order valence-corrected chi connectivity index (χ4v) is 8.43. The maximum absolute atomic E-state index is 9.86. The Hall–Kier alpha value is -8.00. The van der Waals surface area contributed by atoms with Gasteiger partial charge in [-0.1, -0.05) is 206 Å². The molecule has 0 saturated heterocycles. The van der Waals surface area contributed by atoms with Crippen molar-refractivity contribution in [2.75, 3.05) is 4.90 Å². The minimum Gasteiger partial charge on any atom is -0.310 e. The molecule has 0 aliphatic heterocycles. The molecule has 0 unspecified atom stereocenters. The molecular formula is C60H41N. The number of hydrogen-bond acceptors (Lipinski definition) is 1. The van der Waals surface area contributed by atoms with Crippen LogP contribution in [-0.4, -0.2) is 0 Å². The first kappa shape index (κ1) is 28.4. The molecule has 0 amide bonds. The van der Waals surface area contributed by atoms with Crippen molar-refractivity contribution in [2.45, 2.75) is 0 Å². The van der Waals surface area contributed by atoms with Gasteiger partial charge in [-0.3, -0.25) is 0 Å². The lowest BCUT2D eigenvalue weighted by Gasteiger charge is -2.28. The Balaban J connectivity index is 1.15. The maximum atomic E-state index is 9.86. The van der Waals surface area contributed by atoms with Gasteiger partial charge in [0.25, 0.3) is 0 Å². The molecule has 1 nitrogen and oxygen atoms in total. The zero-order chi connectivity index (χ0) is 47.5. The van der Waals surface area contributed by atoms with Gasteiger partial charge >= 0.3 is 0 Å². The lowest BCUT2D eigenvalue weighted by atomic mass is 9.93. The molecular weight excluding hydrogens is 735 g/mol. The molecule has 0 bridgehead atoms. The highest BCUT2D eigenvalue weighted by atomic mass is 15.1. The molecule has 0 aromatic heterocycles. The Morgan fingerprint density at radius 3 is 1.54 bits per heavy atom. The number of nitrogens with zero attached hydrogens (tertiary/aromatic N) is 1. The third kappa shape index (κ3) is 6.83. The van der Waals surface area contributed by atoms with Crippen LogP contribution in [-0.2, 0) is 0 Å². The quantitative estimate of drug-likeness (QED) is 0.139. The second-order valence-electron chi connectivity index (χ2n) is 15.0. The molecule has 61 heavy (non-hydrogen) atoms. The van der Waals surface area contributed by atoms with Gasteiger partial charge in [0.2, 0.25) is 0 Å². The van der Waals surface area contributed by atoms with Crippen molar-refractivity contribution >= 4 is 49.4 Å². The fourth-order valence-electron chi connectivity index (χ4n) is 8.43. The number of hydrogen-bond donors (Lipinski definition) is 0. The topological polar surface area (TPSA) is 3.24 Å². The van der Waals surface area contributed by atoms with Gasteiger partial charge < -0.3 is 4.90 Å². The van der Waals surface area contributed by atoms with Gasteiger partial charge in [0.15, 0.2) is 0 Å². The lowest BCUT2D eigenvalue weighted by Crippen LogP contribution is -2.11. The predicted molar refractivity (Wildman–Crippen MR) is 261 cm³/mol. The average Bonchev–Trinajstić information content (AvgIpc) is 3.39. The van der Waals surface area contributed by atoms with Crippen LogP contribution in [0.25, 0.3) is 88.0 Å². The normalized spacial score (nSPS) is 13.1. The minimum atomic E-state index is -0.405. The maximum Gasteiger partial charge on any atom is 0.0645 e. The molecule has 0 atom stereocenters. The van der Waals surface area contributed by atoms with E-state index in [2.05, 4.69) is 0 Å². The molecule has 0 aliphatic rings. The van der Waals surface area contributed by atoms with E-state index in [0.717, 1.165) is 60.1 Å². The summed E-state index contributed by atoms with van der Waals surface area (Å²) in [6.45, 7) is 0. The summed E-state index contributed by atoms with van der Waals surface area (Å²) in [5, 5.41) is 5.66. The second-order valence-corrected chi connectivity index (χ2v) is 15.0. The SMILES string of the molecule is [2H]c1c([2H])c(N(c2ccccc2-c2ccc(-c3ccccc3)cc2)c2c([2H])c([2H])c(-c3cc4ccccc4c4ccccc34)c([2H])c2[2H])c([2H])c([2H])c1-c1cccc(-c2cccc3ccccc23)c1. The van der Waals surface area contributed by atoms with Crippen molar-refractivity contribution in [3.8, 4) is 55.6 Å². The van der Waals surface area contributed by atoms with Crippen LogP contribution in [0.4, 0.5) is 17.1 Å². The van der Waals surface area contributed by atoms with E-state index in [9.17, 15) is 11.0 Å². The summed E-state index contributed by atoms with van der Waals surface area (Å²) in [5.41, 5.74) is 6.37. The van der Waals surface area contributed by atoms with E-state index in [0.29, 0.717) is 22.4 Å². The predicted octanol–water partition coefficient (Wildman–Crippen LogP) is 17.0. The smallest absolute Gasteiger partial charge is 0.0645 e. The van der Waals surface area contributed by atoms with Crippen LogP contribution in [0, 0.1) is 0 Å². The summed E-state index contributed by atoms with van der Waals surface area (Å²) in [6.07, 6.45) is 0. The van der Waals surface area contributed by atoms with E-state index in [1.54, 1.807) is 18.2 Å². The Kier molecular flexibility index (Phi) is 7.29. The van der Waals surface area contributed by atoms with Crippen LogP contribution in [0.2, 0.25) is 0 Å². The molecule has 11 aromatic carbocycles. The molecule has 1 heteroatoms. The Labute approximate surface area is 368 Å². The molecule has 0 saturated carbocycles. The Morgan fingerprint density at radius 1 is 0.262 bits per heavy atom. The molecule has 11 rings (SSSR count). The van der Waals surface area contributed by atoms with Gasteiger partial charge in [-0.25, -0.2) is 0 Å². The summed E-state index contributed by atoms with van der Waals surface area (Å²) < 4.78 is 78.1. The summed E-state index contributed by atoms with van der Waals surface area (Å²) in [5.74, 6) is 0. The van der Waals surface area contributed by atoms with E-state index in [1.165, 1.54) is 4.90 Å². The van der Waals surface area contributed by atoms with Crippen molar-refractivity contribution in [2.24, 2.45) is 0 Å².